The van der Waals surface area contributed by atoms with Crippen molar-refractivity contribution in [1.82, 2.24) is 0 Å². The van der Waals surface area contributed by atoms with Gasteiger partial charge in [-0.3, -0.25) is 4.21 Å². The SMILES string of the molecule is CC(F)S(=O)c1ccccc1. The highest BCUT2D eigenvalue weighted by Crippen LogP contribution is 2.10. The number of rotatable bonds is 2. The molecule has 0 aromatic heterocycles. The molecule has 11 heavy (non-hydrogen) atoms. The van der Waals surface area contributed by atoms with Gasteiger partial charge in [0.05, 0.1) is 10.8 Å². The molecule has 0 fully saturated rings. The van der Waals surface area contributed by atoms with Crippen molar-refractivity contribution in [3.05, 3.63) is 30.3 Å². The lowest BCUT2D eigenvalue weighted by molar-refractivity contribution is 0.467. The van der Waals surface area contributed by atoms with E-state index in [2.05, 4.69) is 0 Å². The monoisotopic (exact) mass is 172 g/mol. The van der Waals surface area contributed by atoms with Crippen LogP contribution < -0.4 is 0 Å². The number of alkyl halides is 1. The van der Waals surface area contributed by atoms with E-state index in [1.807, 2.05) is 6.07 Å². The average molecular weight is 172 g/mol. The minimum Gasteiger partial charge on any atom is -0.251 e. The van der Waals surface area contributed by atoms with Crippen molar-refractivity contribution in [2.45, 2.75) is 17.3 Å². The number of halogens is 1. The van der Waals surface area contributed by atoms with Crippen LogP contribution in [0.4, 0.5) is 4.39 Å². The first-order valence-corrected chi connectivity index (χ1v) is 4.53. The second-order valence-corrected chi connectivity index (χ2v) is 3.87. The lowest BCUT2D eigenvalue weighted by Crippen LogP contribution is -2.03. The molecule has 0 heterocycles. The Balaban J connectivity index is 2.86. The van der Waals surface area contributed by atoms with E-state index < -0.39 is 16.3 Å². The quantitative estimate of drug-likeness (QED) is 0.667. The molecule has 2 atom stereocenters. The third kappa shape index (κ3) is 2.12. The summed E-state index contributed by atoms with van der Waals surface area (Å²) in [7, 11) is -1.50. The van der Waals surface area contributed by atoms with Gasteiger partial charge in [-0.05, 0) is 19.1 Å². The van der Waals surface area contributed by atoms with Crippen LogP contribution in [0.15, 0.2) is 35.2 Å². The Morgan fingerprint density at radius 2 is 1.91 bits per heavy atom. The van der Waals surface area contributed by atoms with Crippen LogP contribution in [-0.4, -0.2) is 9.71 Å². The van der Waals surface area contributed by atoms with Gasteiger partial charge in [-0.25, -0.2) is 4.39 Å². The summed E-state index contributed by atoms with van der Waals surface area (Å²) in [5, 5.41) is 0. The summed E-state index contributed by atoms with van der Waals surface area (Å²) in [5.41, 5.74) is -1.29. The van der Waals surface area contributed by atoms with Crippen molar-refractivity contribution in [2.75, 3.05) is 0 Å². The lowest BCUT2D eigenvalue weighted by atomic mass is 10.4. The minimum absolute atomic E-state index is 0.544. The highest BCUT2D eigenvalue weighted by atomic mass is 32.2. The smallest absolute Gasteiger partial charge is 0.176 e. The summed E-state index contributed by atoms with van der Waals surface area (Å²) >= 11 is 0. The van der Waals surface area contributed by atoms with E-state index in [0.717, 1.165) is 0 Å². The maximum atomic E-state index is 12.5. The zero-order valence-corrected chi connectivity index (χ0v) is 6.98. The van der Waals surface area contributed by atoms with Crippen LogP contribution in [-0.2, 0) is 10.8 Å². The lowest BCUT2D eigenvalue weighted by Gasteiger charge is -2.00. The van der Waals surface area contributed by atoms with Gasteiger partial charge in [-0.2, -0.15) is 0 Å². The van der Waals surface area contributed by atoms with Gasteiger partial charge in [-0.15, -0.1) is 0 Å². The molecule has 0 aliphatic carbocycles. The zero-order valence-electron chi connectivity index (χ0n) is 6.16. The molecule has 60 valence electrons. The highest BCUT2D eigenvalue weighted by Gasteiger charge is 2.09. The first-order valence-electron chi connectivity index (χ1n) is 3.31. The Bertz CT molecular complexity index is 246. The molecule has 0 N–H and O–H groups in total. The Morgan fingerprint density at radius 1 is 1.36 bits per heavy atom. The molecule has 1 aromatic carbocycles. The van der Waals surface area contributed by atoms with Crippen molar-refractivity contribution in [1.29, 1.82) is 0 Å². The van der Waals surface area contributed by atoms with Crippen LogP contribution in [0.2, 0.25) is 0 Å². The van der Waals surface area contributed by atoms with Crippen molar-refractivity contribution < 1.29 is 8.60 Å². The van der Waals surface area contributed by atoms with Gasteiger partial charge in [-0.1, -0.05) is 18.2 Å². The highest BCUT2D eigenvalue weighted by molar-refractivity contribution is 7.85. The molecule has 1 aromatic rings. The Morgan fingerprint density at radius 3 is 2.36 bits per heavy atom. The molecule has 0 aliphatic rings. The molecule has 0 saturated carbocycles. The van der Waals surface area contributed by atoms with Gasteiger partial charge in [0.1, 0.15) is 0 Å². The molecular weight excluding hydrogens is 163 g/mol. The molecule has 0 radical (unpaired) electrons. The van der Waals surface area contributed by atoms with Gasteiger partial charge in [0.25, 0.3) is 0 Å². The van der Waals surface area contributed by atoms with E-state index in [4.69, 9.17) is 0 Å². The second kappa shape index (κ2) is 3.62. The minimum atomic E-state index is -1.50. The molecule has 0 aliphatic heterocycles. The van der Waals surface area contributed by atoms with Crippen LogP contribution in [0.3, 0.4) is 0 Å². The number of hydrogen-bond donors (Lipinski definition) is 0. The van der Waals surface area contributed by atoms with Crippen molar-refractivity contribution >= 4 is 10.8 Å². The largest absolute Gasteiger partial charge is 0.251 e. The van der Waals surface area contributed by atoms with Gasteiger partial charge >= 0.3 is 0 Å². The van der Waals surface area contributed by atoms with Crippen molar-refractivity contribution in [2.24, 2.45) is 0 Å². The first kappa shape index (κ1) is 8.40. The fraction of sp³-hybridized carbons (Fsp3) is 0.250. The Labute approximate surface area is 67.7 Å². The van der Waals surface area contributed by atoms with Crippen LogP contribution in [0.1, 0.15) is 6.92 Å². The molecule has 3 heteroatoms. The predicted molar refractivity (Wildman–Crippen MR) is 43.4 cm³/mol. The van der Waals surface area contributed by atoms with Crippen LogP contribution in [0.25, 0.3) is 0 Å². The Kier molecular flexibility index (Phi) is 2.76. The third-order valence-electron chi connectivity index (χ3n) is 1.27. The van der Waals surface area contributed by atoms with Crippen LogP contribution >= 0.6 is 0 Å². The fourth-order valence-electron chi connectivity index (χ4n) is 0.742. The van der Waals surface area contributed by atoms with Gasteiger partial charge < -0.3 is 0 Å². The summed E-state index contributed by atoms with van der Waals surface area (Å²) in [6.45, 7) is 1.29. The average Bonchev–Trinajstić information content (AvgIpc) is 2.05. The van der Waals surface area contributed by atoms with E-state index in [1.165, 1.54) is 6.92 Å². The van der Waals surface area contributed by atoms with Crippen molar-refractivity contribution in [3.63, 3.8) is 0 Å². The summed E-state index contributed by atoms with van der Waals surface area (Å²) in [5.74, 6) is 0. The number of benzene rings is 1. The maximum absolute atomic E-state index is 12.5. The second-order valence-electron chi connectivity index (χ2n) is 2.15. The zero-order chi connectivity index (χ0) is 8.27. The fourth-order valence-corrected chi connectivity index (χ4v) is 1.54. The maximum Gasteiger partial charge on any atom is 0.176 e. The molecule has 0 saturated heterocycles. The van der Waals surface area contributed by atoms with E-state index in [9.17, 15) is 8.60 Å². The van der Waals surface area contributed by atoms with E-state index >= 15 is 0 Å². The molecular formula is C8H9FOS. The molecule has 0 amide bonds. The molecule has 1 rings (SSSR count). The first-order chi connectivity index (χ1) is 5.22. The van der Waals surface area contributed by atoms with E-state index in [1.54, 1.807) is 24.3 Å². The standard InChI is InChI=1S/C8H9FOS/c1-7(9)11(10)8-5-3-2-4-6-8/h2-7H,1H3. The molecule has 1 nitrogen and oxygen atoms in total. The Hall–Kier alpha value is -0.700. The number of hydrogen-bond acceptors (Lipinski definition) is 1. The molecule has 2 unspecified atom stereocenters. The van der Waals surface area contributed by atoms with Gasteiger partial charge in [0, 0.05) is 4.90 Å². The van der Waals surface area contributed by atoms with E-state index in [0.29, 0.717) is 4.90 Å². The van der Waals surface area contributed by atoms with Gasteiger partial charge in [0.2, 0.25) is 0 Å². The molecule has 0 spiro atoms. The summed E-state index contributed by atoms with van der Waals surface area (Å²) in [4.78, 5) is 0.544. The van der Waals surface area contributed by atoms with E-state index in [-0.39, 0.29) is 0 Å². The van der Waals surface area contributed by atoms with Crippen LogP contribution in [0.5, 0.6) is 0 Å². The normalized spacial score (nSPS) is 15.8. The topological polar surface area (TPSA) is 17.1 Å². The summed E-state index contributed by atoms with van der Waals surface area (Å²) in [6.07, 6.45) is 0. The van der Waals surface area contributed by atoms with Crippen LogP contribution in [0, 0.1) is 0 Å². The summed E-state index contributed by atoms with van der Waals surface area (Å²) < 4.78 is 23.6. The van der Waals surface area contributed by atoms with Crippen molar-refractivity contribution in [3.8, 4) is 0 Å². The third-order valence-corrected chi connectivity index (χ3v) is 2.60. The predicted octanol–water partition coefficient (Wildman–Crippen LogP) is 2.11. The molecule has 0 bridgehead atoms. The van der Waals surface area contributed by atoms with Gasteiger partial charge in [0.15, 0.2) is 5.50 Å². The summed E-state index contributed by atoms with van der Waals surface area (Å²) in [6, 6.07) is 8.62.